The zero-order valence-electron chi connectivity index (χ0n) is 31.3. The molecule has 0 aliphatic carbocycles. The predicted molar refractivity (Wildman–Crippen MR) is 233 cm³/mol. The molecule has 2 nitrogen and oxygen atoms in total. The van der Waals surface area contributed by atoms with Crippen LogP contribution in [0, 0.1) is 0 Å². The van der Waals surface area contributed by atoms with Gasteiger partial charge in [-0.2, -0.15) is 0 Å². The average molecular weight is 716 g/mol. The zero-order chi connectivity index (χ0) is 36.6. The third-order valence-electron chi connectivity index (χ3n) is 11.5. The van der Waals surface area contributed by atoms with Crippen LogP contribution in [0.25, 0.3) is 42.4 Å². The largest absolute Gasteiger partial charge is 0.458 e. The van der Waals surface area contributed by atoms with Crippen molar-refractivity contribution in [2.45, 2.75) is 52.4 Å². The minimum absolute atomic E-state index is 0.00357. The highest BCUT2D eigenvalue weighted by Crippen LogP contribution is 2.48. The molecule has 0 fully saturated rings. The normalized spacial score (nSPS) is 13.1. The number of fused-ring (bicyclic) bond motifs is 7. The van der Waals surface area contributed by atoms with Gasteiger partial charge in [0.1, 0.15) is 11.5 Å². The van der Waals surface area contributed by atoms with Crippen LogP contribution >= 0.6 is 11.3 Å². The molecule has 0 saturated heterocycles. The number of aryl methyl sites for hydroxylation is 1. The lowest BCUT2D eigenvalue weighted by atomic mass is 9.34. The number of anilines is 3. The van der Waals surface area contributed by atoms with E-state index in [-0.39, 0.29) is 12.1 Å². The first-order chi connectivity index (χ1) is 26.4. The summed E-state index contributed by atoms with van der Waals surface area (Å²) < 4.78 is 9.76. The summed E-state index contributed by atoms with van der Waals surface area (Å²) in [6.07, 6.45) is 3.29. The van der Waals surface area contributed by atoms with Crippen molar-refractivity contribution in [3.05, 3.63) is 157 Å². The van der Waals surface area contributed by atoms with Gasteiger partial charge in [0.25, 0.3) is 6.71 Å². The van der Waals surface area contributed by atoms with E-state index in [2.05, 4.69) is 178 Å². The molecule has 1 aromatic heterocycles. The lowest BCUT2D eigenvalue weighted by Gasteiger charge is -2.42. The fraction of sp³-hybridized carbons (Fsp3) is 0.160. The Morgan fingerprint density at radius 3 is 1.98 bits per heavy atom. The smallest absolute Gasteiger partial charge is 0.256 e. The van der Waals surface area contributed by atoms with E-state index >= 15 is 0 Å². The van der Waals surface area contributed by atoms with Crippen LogP contribution in [0.1, 0.15) is 51.7 Å². The third kappa shape index (κ3) is 5.30. The molecular formula is C50H42BNOS. The van der Waals surface area contributed by atoms with Crippen LogP contribution in [0.2, 0.25) is 0 Å². The summed E-state index contributed by atoms with van der Waals surface area (Å²) in [6.45, 7) is 9.23. The van der Waals surface area contributed by atoms with Gasteiger partial charge in [0.2, 0.25) is 0 Å². The molecule has 3 heterocycles. The standard InChI is InChI=1S/C50H42BNOS/c1-5-6-19-37-41(25-27-47-48(37)38-20-13-14-21-46(38)54-47)52-42-24-22-34(32-15-9-7-10-16-32)28-39(42)51-40-29-35(33-17-11-8-12-18-33)23-26-44(40)53-45-31-36(50(2,3)4)30-43(52)49(45)51/h7-18,20-31H,5-6,19H2,1-4H3. The van der Waals surface area contributed by atoms with Crippen molar-refractivity contribution in [2.75, 3.05) is 4.90 Å². The zero-order valence-corrected chi connectivity index (χ0v) is 32.1. The predicted octanol–water partition coefficient (Wildman–Crippen LogP) is 12.4. The van der Waals surface area contributed by atoms with Crippen LogP contribution < -0.4 is 26.0 Å². The fourth-order valence-corrected chi connectivity index (χ4v) is 9.89. The molecule has 0 atom stereocenters. The number of nitrogens with zero attached hydrogens (tertiary/aromatic N) is 1. The maximum Gasteiger partial charge on any atom is 0.256 e. The monoisotopic (exact) mass is 715 g/mol. The molecule has 2 aliphatic heterocycles. The van der Waals surface area contributed by atoms with Gasteiger partial charge in [0, 0.05) is 37.2 Å². The molecule has 4 heteroatoms. The lowest BCUT2D eigenvalue weighted by Crippen LogP contribution is -2.59. The van der Waals surface area contributed by atoms with Crippen LogP contribution in [0.4, 0.5) is 17.1 Å². The van der Waals surface area contributed by atoms with E-state index in [9.17, 15) is 0 Å². The number of benzene rings is 7. The summed E-state index contributed by atoms with van der Waals surface area (Å²) in [5, 5.41) is 2.76. The molecule has 8 aromatic rings. The van der Waals surface area contributed by atoms with Gasteiger partial charge in [-0.05, 0) is 110 Å². The van der Waals surface area contributed by atoms with Crippen molar-refractivity contribution < 1.29 is 4.74 Å². The van der Waals surface area contributed by atoms with E-state index in [0.29, 0.717) is 0 Å². The van der Waals surface area contributed by atoms with E-state index in [1.807, 2.05) is 11.3 Å². The second kappa shape index (κ2) is 12.8. The highest BCUT2D eigenvalue weighted by Gasteiger charge is 2.43. The Morgan fingerprint density at radius 2 is 1.26 bits per heavy atom. The maximum absolute atomic E-state index is 7.05. The molecule has 0 bridgehead atoms. The summed E-state index contributed by atoms with van der Waals surface area (Å²) in [4.78, 5) is 2.60. The Balaban J connectivity index is 1.30. The first-order valence-electron chi connectivity index (χ1n) is 19.4. The molecule has 0 amide bonds. The summed E-state index contributed by atoms with van der Waals surface area (Å²) in [7, 11) is 0. The Bertz CT molecular complexity index is 2730. The molecule has 2 aliphatic rings. The van der Waals surface area contributed by atoms with Crippen LogP contribution in [0.3, 0.4) is 0 Å². The molecule has 7 aromatic carbocycles. The van der Waals surface area contributed by atoms with Crippen molar-refractivity contribution >= 4 is 71.7 Å². The molecule has 0 saturated carbocycles. The highest BCUT2D eigenvalue weighted by molar-refractivity contribution is 7.25. The van der Waals surface area contributed by atoms with E-state index < -0.39 is 0 Å². The molecule has 262 valence electrons. The quantitative estimate of drug-likeness (QED) is 0.159. The van der Waals surface area contributed by atoms with E-state index in [4.69, 9.17) is 4.74 Å². The van der Waals surface area contributed by atoms with E-state index in [1.165, 1.54) is 87.0 Å². The first kappa shape index (κ1) is 33.0. The van der Waals surface area contributed by atoms with Gasteiger partial charge in [-0.1, -0.05) is 137 Å². The van der Waals surface area contributed by atoms with Crippen molar-refractivity contribution in [3.63, 3.8) is 0 Å². The molecule has 54 heavy (non-hydrogen) atoms. The Hall–Kier alpha value is -5.58. The summed E-state index contributed by atoms with van der Waals surface area (Å²) in [6, 6.07) is 54.0. The minimum atomic E-state index is -0.0799. The number of ether oxygens (including phenoxy) is 1. The van der Waals surface area contributed by atoms with Crippen molar-refractivity contribution in [2.24, 2.45) is 0 Å². The molecule has 0 radical (unpaired) electrons. The number of thiophene rings is 1. The van der Waals surface area contributed by atoms with Crippen molar-refractivity contribution in [1.82, 2.24) is 0 Å². The van der Waals surface area contributed by atoms with Gasteiger partial charge in [-0.15, -0.1) is 11.3 Å². The summed E-state index contributed by atoms with van der Waals surface area (Å²) in [5.41, 5.74) is 15.0. The topological polar surface area (TPSA) is 12.5 Å². The van der Waals surface area contributed by atoms with E-state index in [0.717, 1.165) is 30.8 Å². The molecule has 0 spiro atoms. The summed E-state index contributed by atoms with van der Waals surface area (Å²) >= 11 is 1.91. The van der Waals surface area contributed by atoms with Gasteiger partial charge in [0.05, 0.1) is 0 Å². The van der Waals surface area contributed by atoms with Crippen molar-refractivity contribution in [3.8, 4) is 33.8 Å². The summed E-state index contributed by atoms with van der Waals surface area (Å²) in [5.74, 6) is 1.89. The Labute approximate surface area is 322 Å². The molecule has 0 unspecified atom stereocenters. The number of rotatable bonds is 6. The van der Waals surface area contributed by atoms with Crippen LogP contribution in [-0.4, -0.2) is 6.71 Å². The van der Waals surface area contributed by atoms with Crippen LogP contribution in [0.5, 0.6) is 11.5 Å². The third-order valence-corrected chi connectivity index (χ3v) is 12.6. The van der Waals surface area contributed by atoms with Gasteiger partial charge in [-0.3, -0.25) is 0 Å². The number of hydrogen-bond donors (Lipinski definition) is 0. The molecule has 0 N–H and O–H groups in total. The minimum Gasteiger partial charge on any atom is -0.458 e. The van der Waals surface area contributed by atoms with Gasteiger partial charge in [0.15, 0.2) is 0 Å². The highest BCUT2D eigenvalue weighted by atomic mass is 32.1. The number of hydrogen-bond acceptors (Lipinski definition) is 3. The molecule has 10 rings (SSSR count). The lowest BCUT2D eigenvalue weighted by molar-refractivity contribution is 0.483. The van der Waals surface area contributed by atoms with Crippen molar-refractivity contribution in [1.29, 1.82) is 0 Å². The van der Waals surface area contributed by atoms with Gasteiger partial charge < -0.3 is 9.64 Å². The van der Waals surface area contributed by atoms with E-state index in [1.54, 1.807) is 0 Å². The van der Waals surface area contributed by atoms with Gasteiger partial charge >= 0.3 is 0 Å². The SMILES string of the molecule is CCCCc1c(N2c3ccc(-c4ccccc4)cc3B3c4cc(-c5ccccc5)ccc4Oc4cc(C(C)(C)C)cc2c43)ccc2sc3ccccc3c12. The van der Waals surface area contributed by atoms with Crippen LogP contribution in [-0.2, 0) is 11.8 Å². The Kier molecular flexibility index (Phi) is 7.82. The number of unbranched alkanes of at least 4 members (excludes halogenated alkanes) is 1. The second-order valence-electron chi connectivity index (χ2n) is 15.9. The fourth-order valence-electron chi connectivity index (χ4n) is 8.76. The Morgan fingerprint density at radius 1 is 0.593 bits per heavy atom. The second-order valence-corrected chi connectivity index (χ2v) is 17.0. The maximum atomic E-state index is 7.05. The van der Waals surface area contributed by atoms with Crippen LogP contribution in [0.15, 0.2) is 146 Å². The average Bonchev–Trinajstić information content (AvgIpc) is 3.59. The first-order valence-corrected chi connectivity index (χ1v) is 20.2. The molecular weight excluding hydrogens is 673 g/mol. The van der Waals surface area contributed by atoms with Gasteiger partial charge in [-0.25, -0.2) is 0 Å².